The fourth-order valence-corrected chi connectivity index (χ4v) is 5.45. The van der Waals surface area contributed by atoms with Crippen LogP contribution in [0.5, 0.6) is 0 Å². The molecule has 0 atom stereocenters. The second-order valence-electron chi connectivity index (χ2n) is 9.84. The summed E-state index contributed by atoms with van der Waals surface area (Å²) in [6.45, 7) is 0. The van der Waals surface area contributed by atoms with Crippen molar-refractivity contribution >= 4 is 33.0 Å². The molecule has 0 aliphatic carbocycles. The van der Waals surface area contributed by atoms with Crippen LogP contribution >= 0.6 is 0 Å². The van der Waals surface area contributed by atoms with E-state index in [-0.39, 0.29) is 0 Å². The van der Waals surface area contributed by atoms with Gasteiger partial charge in [-0.2, -0.15) is 0 Å². The number of para-hydroxylation sites is 4. The summed E-state index contributed by atoms with van der Waals surface area (Å²) in [4.78, 5) is 8.76. The van der Waals surface area contributed by atoms with Crippen molar-refractivity contribution < 1.29 is 8.83 Å². The van der Waals surface area contributed by atoms with Crippen molar-refractivity contribution in [2.24, 2.45) is 0 Å². The minimum atomic E-state index is 0.620. The lowest BCUT2D eigenvalue weighted by Crippen LogP contribution is -1.81. The SMILES string of the molecule is c1ccc2oc(-c3ccc(-c4cccc5c4oc4c(-c6ccc(-c7ccncc7)cc6)cccc45)cc3)nc2c1. The van der Waals surface area contributed by atoms with Crippen LogP contribution in [0.3, 0.4) is 0 Å². The zero-order valence-corrected chi connectivity index (χ0v) is 21.4. The van der Waals surface area contributed by atoms with Crippen LogP contribution in [-0.2, 0) is 0 Å². The Balaban J connectivity index is 1.20. The molecule has 0 aliphatic rings. The first-order chi connectivity index (χ1) is 19.8. The normalized spacial score (nSPS) is 11.5. The van der Waals surface area contributed by atoms with Gasteiger partial charge < -0.3 is 8.83 Å². The summed E-state index contributed by atoms with van der Waals surface area (Å²) in [7, 11) is 0. The number of furan rings is 1. The van der Waals surface area contributed by atoms with Crippen molar-refractivity contribution in [3.8, 4) is 44.8 Å². The summed E-state index contributed by atoms with van der Waals surface area (Å²) in [6, 6.07) is 41.5. The first-order valence-corrected chi connectivity index (χ1v) is 13.2. The Morgan fingerprint density at radius 2 is 0.975 bits per heavy atom. The maximum atomic E-state index is 6.65. The standard InChI is InChI=1S/C36H22N2O2/c1-2-10-33-32(9-1)38-36(39-33)27-17-15-26(16-18-27)29-6-4-8-31-30-7-3-5-28(34(30)40-35(29)31)25-13-11-23(12-14-25)24-19-21-37-22-20-24/h1-22H. The molecule has 0 fully saturated rings. The highest BCUT2D eigenvalue weighted by atomic mass is 16.3. The molecule has 8 aromatic rings. The molecular weight excluding hydrogens is 492 g/mol. The third kappa shape index (κ3) is 3.69. The number of hydrogen-bond acceptors (Lipinski definition) is 4. The molecule has 0 spiro atoms. The van der Waals surface area contributed by atoms with E-state index in [1.807, 2.05) is 48.8 Å². The fourth-order valence-electron chi connectivity index (χ4n) is 5.45. The monoisotopic (exact) mass is 514 g/mol. The van der Waals surface area contributed by atoms with Crippen LogP contribution in [0.2, 0.25) is 0 Å². The fraction of sp³-hybridized carbons (Fsp3) is 0. The van der Waals surface area contributed by atoms with E-state index >= 15 is 0 Å². The maximum Gasteiger partial charge on any atom is 0.227 e. The van der Waals surface area contributed by atoms with Crippen LogP contribution in [0.4, 0.5) is 0 Å². The molecule has 0 amide bonds. The lowest BCUT2D eigenvalue weighted by atomic mass is 9.98. The number of oxazole rings is 1. The Hall–Kier alpha value is -5.48. The summed E-state index contributed by atoms with van der Waals surface area (Å²) in [5, 5.41) is 2.21. The molecule has 40 heavy (non-hydrogen) atoms. The molecule has 0 radical (unpaired) electrons. The third-order valence-corrected chi connectivity index (χ3v) is 7.47. The van der Waals surface area contributed by atoms with Crippen molar-refractivity contribution in [1.29, 1.82) is 0 Å². The van der Waals surface area contributed by atoms with E-state index in [1.54, 1.807) is 0 Å². The van der Waals surface area contributed by atoms with E-state index < -0.39 is 0 Å². The number of aromatic nitrogens is 2. The van der Waals surface area contributed by atoms with Crippen molar-refractivity contribution in [3.63, 3.8) is 0 Å². The van der Waals surface area contributed by atoms with E-state index in [0.29, 0.717) is 5.89 Å². The second kappa shape index (κ2) is 9.07. The van der Waals surface area contributed by atoms with Crippen LogP contribution < -0.4 is 0 Å². The largest absolute Gasteiger partial charge is 0.455 e. The number of nitrogens with zero attached hydrogens (tertiary/aromatic N) is 2. The Morgan fingerprint density at radius 3 is 1.60 bits per heavy atom. The number of benzene rings is 5. The Morgan fingerprint density at radius 1 is 0.425 bits per heavy atom. The van der Waals surface area contributed by atoms with Crippen molar-refractivity contribution in [2.75, 3.05) is 0 Å². The number of pyridine rings is 1. The van der Waals surface area contributed by atoms with E-state index in [1.165, 1.54) is 0 Å². The minimum Gasteiger partial charge on any atom is -0.455 e. The summed E-state index contributed by atoms with van der Waals surface area (Å²) >= 11 is 0. The van der Waals surface area contributed by atoms with Crippen LogP contribution in [0.25, 0.3) is 77.9 Å². The molecule has 0 unspecified atom stereocenters. The van der Waals surface area contributed by atoms with E-state index in [0.717, 1.165) is 72.0 Å². The molecule has 3 heterocycles. The lowest BCUT2D eigenvalue weighted by molar-refractivity contribution is 0.620. The Bertz CT molecular complexity index is 2110. The van der Waals surface area contributed by atoms with E-state index in [9.17, 15) is 0 Å². The highest BCUT2D eigenvalue weighted by Gasteiger charge is 2.16. The zero-order valence-electron chi connectivity index (χ0n) is 21.4. The molecule has 4 nitrogen and oxygen atoms in total. The van der Waals surface area contributed by atoms with Gasteiger partial charge in [-0.25, -0.2) is 4.98 Å². The van der Waals surface area contributed by atoms with Crippen LogP contribution in [-0.4, -0.2) is 9.97 Å². The van der Waals surface area contributed by atoms with Crippen LogP contribution in [0.1, 0.15) is 0 Å². The minimum absolute atomic E-state index is 0.620. The van der Waals surface area contributed by atoms with Gasteiger partial charge in [-0.1, -0.05) is 84.9 Å². The van der Waals surface area contributed by atoms with Crippen LogP contribution in [0, 0.1) is 0 Å². The zero-order chi connectivity index (χ0) is 26.5. The summed E-state index contributed by atoms with van der Waals surface area (Å²) in [5.41, 5.74) is 11.0. The average Bonchev–Trinajstić information content (AvgIpc) is 3.64. The molecular formula is C36H22N2O2. The molecule has 0 saturated carbocycles. The number of hydrogen-bond donors (Lipinski definition) is 0. The molecule has 5 aromatic carbocycles. The molecule has 188 valence electrons. The number of rotatable bonds is 4. The Kier molecular flexibility index (Phi) is 5.10. The summed E-state index contributed by atoms with van der Waals surface area (Å²) in [6.07, 6.45) is 3.64. The second-order valence-corrected chi connectivity index (χ2v) is 9.84. The quantitative estimate of drug-likeness (QED) is 0.234. The summed E-state index contributed by atoms with van der Waals surface area (Å²) < 4.78 is 12.6. The molecule has 0 aliphatic heterocycles. The predicted octanol–water partition coefficient (Wildman–Crippen LogP) is 9.79. The maximum absolute atomic E-state index is 6.65. The molecule has 3 aromatic heterocycles. The lowest BCUT2D eigenvalue weighted by Gasteiger charge is -2.05. The molecule has 0 bridgehead atoms. The smallest absolute Gasteiger partial charge is 0.227 e. The molecule has 0 N–H and O–H groups in total. The first-order valence-electron chi connectivity index (χ1n) is 13.2. The molecule has 8 rings (SSSR count). The van der Waals surface area contributed by atoms with Crippen molar-refractivity contribution in [2.45, 2.75) is 0 Å². The van der Waals surface area contributed by atoms with Crippen molar-refractivity contribution in [1.82, 2.24) is 9.97 Å². The highest BCUT2D eigenvalue weighted by molar-refractivity contribution is 6.13. The first kappa shape index (κ1) is 22.5. The average molecular weight is 515 g/mol. The van der Waals surface area contributed by atoms with Crippen molar-refractivity contribution in [3.05, 3.63) is 134 Å². The van der Waals surface area contributed by atoms with Gasteiger partial charge in [-0.3, -0.25) is 4.98 Å². The van der Waals surface area contributed by atoms with Gasteiger partial charge in [0.05, 0.1) is 0 Å². The number of fused-ring (bicyclic) bond motifs is 4. The van der Waals surface area contributed by atoms with Gasteiger partial charge in [0.2, 0.25) is 5.89 Å². The van der Waals surface area contributed by atoms with Gasteiger partial charge in [0.25, 0.3) is 0 Å². The summed E-state index contributed by atoms with van der Waals surface area (Å²) in [5.74, 6) is 0.620. The van der Waals surface area contributed by atoms with Gasteiger partial charge in [0, 0.05) is 39.9 Å². The van der Waals surface area contributed by atoms with Gasteiger partial charge in [-0.05, 0) is 58.7 Å². The van der Waals surface area contributed by atoms with Gasteiger partial charge in [0.1, 0.15) is 16.7 Å². The van der Waals surface area contributed by atoms with Gasteiger partial charge in [0.15, 0.2) is 5.58 Å². The van der Waals surface area contributed by atoms with Crippen LogP contribution in [0.15, 0.2) is 143 Å². The molecule has 0 saturated heterocycles. The Labute approximate surface area is 230 Å². The predicted molar refractivity (Wildman–Crippen MR) is 161 cm³/mol. The third-order valence-electron chi connectivity index (χ3n) is 7.47. The topological polar surface area (TPSA) is 52.1 Å². The van der Waals surface area contributed by atoms with E-state index in [2.05, 4.69) is 94.9 Å². The van der Waals surface area contributed by atoms with E-state index in [4.69, 9.17) is 8.83 Å². The molecule has 4 heteroatoms. The van der Waals surface area contributed by atoms with Gasteiger partial charge >= 0.3 is 0 Å². The highest BCUT2D eigenvalue weighted by Crippen LogP contribution is 2.40. The van der Waals surface area contributed by atoms with Gasteiger partial charge in [-0.15, -0.1) is 0 Å².